The maximum atomic E-state index is 12.3. The molecule has 0 unspecified atom stereocenters. The summed E-state index contributed by atoms with van der Waals surface area (Å²) in [6.07, 6.45) is -4.48. The Hall–Kier alpha value is -2.65. The van der Waals surface area contributed by atoms with Gasteiger partial charge in [0, 0.05) is 4.75 Å². The maximum absolute atomic E-state index is 12.3. The number of carboxylic acids is 2. The molecule has 5 N–H and O–H groups in total. The Bertz CT molecular complexity index is 951. The highest BCUT2D eigenvalue weighted by Crippen LogP contribution is 2.37. The van der Waals surface area contributed by atoms with Gasteiger partial charge in [0.1, 0.15) is 23.2 Å². The van der Waals surface area contributed by atoms with Crippen LogP contribution in [0.4, 0.5) is 13.2 Å². The van der Waals surface area contributed by atoms with E-state index in [2.05, 4.69) is 12.6 Å². The number of hydrogen-bond acceptors (Lipinski definition) is 8. The molecule has 2 aliphatic heterocycles. The smallest absolute Gasteiger partial charge is 0.522 e. The number of halogens is 3. The summed E-state index contributed by atoms with van der Waals surface area (Å²) in [6, 6.07) is 2.59. The number of rotatable bonds is 5. The molecule has 1 amide bonds. The summed E-state index contributed by atoms with van der Waals surface area (Å²) >= 11 is 4.34. The molecule has 0 spiro atoms. The average molecular weight is 508 g/mol. The molecular weight excluding hydrogens is 484 g/mol. The van der Waals surface area contributed by atoms with Crippen molar-refractivity contribution in [3.05, 3.63) is 23.3 Å². The minimum Gasteiger partial charge on any atom is -0.535 e. The fraction of sp³-hybridized carbons (Fsp3) is 0.526. The monoisotopic (exact) mass is 508 g/mol. The Morgan fingerprint density at radius 3 is 2.29 bits per heavy atom. The lowest BCUT2D eigenvalue weighted by molar-refractivity contribution is -0.192. The van der Waals surface area contributed by atoms with Crippen molar-refractivity contribution in [1.29, 1.82) is 0 Å². The van der Waals surface area contributed by atoms with Crippen LogP contribution in [0, 0.1) is 0 Å². The van der Waals surface area contributed by atoms with Gasteiger partial charge in [-0.25, -0.2) is 9.59 Å². The number of amides is 1. The van der Waals surface area contributed by atoms with Crippen LogP contribution in [0.1, 0.15) is 29.8 Å². The number of aromatic carboxylic acids is 1. The minimum atomic E-state index is -5.08. The molecule has 0 bridgehead atoms. The number of nitrogens with zero attached hydrogens (tertiary/aromatic N) is 1. The van der Waals surface area contributed by atoms with Gasteiger partial charge in [-0.15, -0.1) is 0 Å². The molecule has 2 aliphatic rings. The third kappa shape index (κ3) is 6.70. The number of carboxylic acid groups (broad SMARTS) is 2. The number of alkyl halides is 3. The van der Waals surface area contributed by atoms with Crippen molar-refractivity contribution in [2.24, 2.45) is 5.73 Å². The van der Waals surface area contributed by atoms with Crippen LogP contribution in [0.5, 0.6) is 11.5 Å². The van der Waals surface area contributed by atoms with Gasteiger partial charge in [-0.05, 0) is 38.2 Å². The number of benzene rings is 1. The molecule has 34 heavy (non-hydrogen) atoms. The first-order chi connectivity index (χ1) is 15.5. The quantitative estimate of drug-likeness (QED) is 0.290. The first kappa shape index (κ1) is 27.6. The number of nitrogens with two attached hydrogens (primary N) is 1. The molecule has 0 aliphatic carbocycles. The van der Waals surface area contributed by atoms with Gasteiger partial charge in [-0.2, -0.15) is 25.8 Å². The summed E-state index contributed by atoms with van der Waals surface area (Å²) in [6.45, 7) is 4.17. The molecule has 2 heterocycles. The molecular formula is C19H24BF3N2O8S. The van der Waals surface area contributed by atoms with Crippen molar-refractivity contribution < 1.29 is 52.2 Å². The second-order valence-electron chi connectivity index (χ2n) is 8.26. The Labute approximate surface area is 198 Å². The van der Waals surface area contributed by atoms with Crippen LogP contribution in [-0.2, 0) is 16.0 Å². The number of ether oxygens (including phenoxy) is 1. The van der Waals surface area contributed by atoms with Crippen LogP contribution in [-0.4, -0.2) is 81.3 Å². The van der Waals surface area contributed by atoms with Crippen LogP contribution in [0.2, 0.25) is 6.32 Å². The number of fused-ring (bicyclic) bond motifs is 1. The number of carbonyl (C=O) groups is 3. The van der Waals surface area contributed by atoms with E-state index in [1.807, 2.05) is 0 Å². The lowest BCUT2D eigenvalue weighted by Crippen LogP contribution is -2.62. The third-order valence-corrected chi connectivity index (χ3v) is 5.33. The van der Waals surface area contributed by atoms with Gasteiger partial charge in [0.25, 0.3) is 0 Å². The number of aliphatic carboxylic acids is 1. The van der Waals surface area contributed by atoms with E-state index in [9.17, 15) is 32.9 Å². The number of hydrogen-bond donors (Lipinski definition) is 5. The van der Waals surface area contributed by atoms with Gasteiger partial charge >= 0.3 is 25.2 Å². The van der Waals surface area contributed by atoms with E-state index in [1.165, 1.54) is 0 Å². The lowest BCUT2D eigenvalue weighted by Gasteiger charge is -2.42. The number of aryl methyl sites for hydroxylation is 1. The molecule has 3 rings (SSSR count). The average Bonchev–Trinajstić information content (AvgIpc) is 2.67. The molecule has 188 valence electrons. The predicted octanol–water partition coefficient (Wildman–Crippen LogP) is 1.06. The van der Waals surface area contributed by atoms with Gasteiger partial charge in [-0.1, -0.05) is 6.07 Å². The number of carbonyl (C=O) groups excluding carboxylic acids is 1. The zero-order chi connectivity index (χ0) is 26.0. The van der Waals surface area contributed by atoms with E-state index < -0.39 is 36.0 Å². The van der Waals surface area contributed by atoms with Gasteiger partial charge < -0.3 is 35.3 Å². The first-order valence-electron chi connectivity index (χ1n) is 9.99. The summed E-state index contributed by atoms with van der Waals surface area (Å²) in [5.74, 6) is -3.86. The second kappa shape index (κ2) is 10.3. The second-order valence-corrected chi connectivity index (χ2v) is 9.41. The van der Waals surface area contributed by atoms with Crippen molar-refractivity contribution in [3.8, 4) is 11.5 Å². The summed E-state index contributed by atoms with van der Waals surface area (Å²) < 4.78 is 42.2. The first-order valence-corrected chi connectivity index (χ1v) is 10.4. The Balaban J connectivity index is 0.000000509. The zero-order valence-electron chi connectivity index (χ0n) is 18.2. The van der Waals surface area contributed by atoms with E-state index in [1.54, 1.807) is 30.9 Å². The largest absolute Gasteiger partial charge is 0.535 e. The predicted molar refractivity (Wildman–Crippen MR) is 116 cm³/mol. The van der Waals surface area contributed by atoms with E-state index in [0.29, 0.717) is 25.8 Å². The van der Waals surface area contributed by atoms with Crippen LogP contribution < -0.4 is 15.1 Å². The van der Waals surface area contributed by atoms with Crippen molar-refractivity contribution in [1.82, 2.24) is 4.90 Å². The van der Waals surface area contributed by atoms with Crippen molar-refractivity contribution in [3.63, 3.8) is 0 Å². The van der Waals surface area contributed by atoms with E-state index >= 15 is 0 Å². The molecule has 10 nitrogen and oxygen atoms in total. The molecule has 1 aromatic carbocycles. The highest BCUT2D eigenvalue weighted by molar-refractivity contribution is 7.81. The van der Waals surface area contributed by atoms with Crippen molar-refractivity contribution in [2.75, 3.05) is 13.1 Å². The standard InChI is InChI=1S/C17H23BN2O6S.C2HF3O2/c1-17(2,27)14(19)15(21)20-7-10(8-20)25-11-4-3-9-5-6-18(24)26-13(9)12(11)16(22)23;3-2(4,5)1(6)7/h3-4,10,14,24,27H,5-8,19H2,1-2H3,(H,22,23);(H,6,7)/t14-;/m0./s1. The molecule has 0 saturated carbocycles. The fourth-order valence-electron chi connectivity index (χ4n) is 3.08. The van der Waals surface area contributed by atoms with E-state index in [-0.39, 0.29) is 29.1 Å². The molecule has 1 saturated heterocycles. The van der Waals surface area contributed by atoms with Crippen LogP contribution >= 0.6 is 12.6 Å². The summed E-state index contributed by atoms with van der Waals surface area (Å²) in [5.41, 5.74) is 6.54. The highest BCUT2D eigenvalue weighted by atomic mass is 32.1. The van der Waals surface area contributed by atoms with Gasteiger partial charge in [-0.3, -0.25) is 4.79 Å². The van der Waals surface area contributed by atoms with Gasteiger partial charge in [0.15, 0.2) is 0 Å². The van der Waals surface area contributed by atoms with Crippen LogP contribution in [0.3, 0.4) is 0 Å². The zero-order valence-corrected chi connectivity index (χ0v) is 19.1. The number of thiol groups is 1. The minimum absolute atomic E-state index is 0.107. The van der Waals surface area contributed by atoms with E-state index in [0.717, 1.165) is 5.56 Å². The molecule has 0 radical (unpaired) electrons. The Morgan fingerprint density at radius 1 is 1.26 bits per heavy atom. The van der Waals surface area contributed by atoms with Crippen LogP contribution in [0.25, 0.3) is 0 Å². The summed E-state index contributed by atoms with van der Waals surface area (Å²) in [4.78, 5) is 34.5. The van der Waals surface area contributed by atoms with E-state index in [4.69, 9.17) is 25.0 Å². The number of likely N-dealkylation sites (tertiary alicyclic amines) is 1. The van der Waals surface area contributed by atoms with Crippen molar-refractivity contribution in [2.45, 2.75) is 49.7 Å². The topological polar surface area (TPSA) is 160 Å². The Morgan fingerprint density at radius 2 is 1.82 bits per heavy atom. The third-order valence-electron chi connectivity index (χ3n) is 5.05. The molecule has 1 fully saturated rings. The molecule has 15 heteroatoms. The highest BCUT2D eigenvalue weighted by Gasteiger charge is 2.40. The summed E-state index contributed by atoms with van der Waals surface area (Å²) in [5, 5.41) is 26.4. The molecule has 1 aromatic rings. The lowest BCUT2D eigenvalue weighted by atomic mass is 9.78. The van der Waals surface area contributed by atoms with Crippen molar-refractivity contribution >= 4 is 37.6 Å². The Kier molecular flexibility index (Phi) is 8.37. The molecule has 1 atom stereocenters. The SMILES string of the molecule is CC(C)(S)[C@@H](N)C(=O)N1CC(Oc2ccc3c(c2C(=O)O)OB(O)CC3)C1.O=C(O)C(F)(F)F. The normalized spacial score (nSPS) is 16.8. The van der Waals surface area contributed by atoms with Gasteiger partial charge in [0.05, 0.1) is 19.1 Å². The fourth-order valence-corrected chi connectivity index (χ4v) is 3.20. The summed E-state index contributed by atoms with van der Waals surface area (Å²) in [7, 11) is -1.03. The van der Waals surface area contributed by atoms with Gasteiger partial charge in [0.2, 0.25) is 5.91 Å². The van der Waals surface area contributed by atoms with Crippen LogP contribution in [0.15, 0.2) is 12.1 Å². The maximum Gasteiger partial charge on any atom is 0.522 e. The molecule has 0 aromatic heterocycles.